The van der Waals surface area contributed by atoms with Crippen LogP contribution in [0, 0.1) is 17.8 Å². The van der Waals surface area contributed by atoms with Gasteiger partial charge in [0.2, 0.25) is 5.88 Å². The molecule has 0 unspecified atom stereocenters. The van der Waals surface area contributed by atoms with Crippen molar-refractivity contribution in [2.75, 3.05) is 20.7 Å². The van der Waals surface area contributed by atoms with E-state index in [2.05, 4.69) is 27.0 Å². The van der Waals surface area contributed by atoms with Crippen LogP contribution in [0.5, 0.6) is 11.6 Å². The predicted molar refractivity (Wildman–Crippen MR) is 130 cm³/mol. The number of aromatic nitrogens is 1. The van der Waals surface area contributed by atoms with Gasteiger partial charge in [0.15, 0.2) is 0 Å². The second kappa shape index (κ2) is 9.90. The molecule has 10 heteroatoms. The number of nitrogens with two attached hydrogens (primary N) is 1. The van der Waals surface area contributed by atoms with Gasteiger partial charge < -0.3 is 25.4 Å². The highest BCUT2D eigenvalue weighted by molar-refractivity contribution is 6.03. The number of carbonyl (C=O) groups excluding carboxylic acids is 2. The molecule has 3 N–H and O–H groups in total. The predicted octanol–water partition coefficient (Wildman–Crippen LogP) is 2.72. The van der Waals surface area contributed by atoms with Crippen molar-refractivity contribution < 1.29 is 27.8 Å². The van der Waals surface area contributed by atoms with Crippen LogP contribution in [0.15, 0.2) is 18.3 Å². The first-order valence-corrected chi connectivity index (χ1v) is 11.9. The number of fused-ring (bicyclic) bond motifs is 1. The molecule has 1 aromatic carbocycles. The molecule has 0 radical (unpaired) electrons. The minimum absolute atomic E-state index is 0.154. The molecular formula is C26H30F2N4O4. The summed E-state index contributed by atoms with van der Waals surface area (Å²) in [6.45, 7) is 3.44. The van der Waals surface area contributed by atoms with Crippen LogP contribution in [0.1, 0.15) is 49.0 Å². The summed E-state index contributed by atoms with van der Waals surface area (Å²) in [4.78, 5) is 30.2. The van der Waals surface area contributed by atoms with Crippen molar-refractivity contribution in [1.29, 1.82) is 0 Å². The number of halogens is 2. The Bertz CT molecular complexity index is 1250. The number of hydrogen-bond acceptors (Lipinski definition) is 6. The van der Waals surface area contributed by atoms with Crippen molar-refractivity contribution in [3.63, 3.8) is 0 Å². The van der Waals surface area contributed by atoms with Gasteiger partial charge in [-0.05, 0) is 52.9 Å². The normalized spacial score (nSPS) is 22.7. The molecule has 36 heavy (non-hydrogen) atoms. The Morgan fingerprint density at radius 2 is 2.03 bits per heavy atom. The van der Waals surface area contributed by atoms with Crippen LogP contribution >= 0.6 is 0 Å². The average molecular weight is 501 g/mol. The smallest absolute Gasteiger partial charge is 0.326 e. The van der Waals surface area contributed by atoms with E-state index >= 15 is 0 Å². The molecule has 1 aliphatic heterocycles. The van der Waals surface area contributed by atoms with Gasteiger partial charge >= 0.3 is 5.92 Å². The van der Waals surface area contributed by atoms with Crippen molar-refractivity contribution in [2.45, 2.75) is 57.2 Å². The minimum atomic E-state index is -3.43. The molecule has 2 amide bonds. The van der Waals surface area contributed by atoms with Gasteiger partial charge in [-0.25, -0.2) is 4.98 Å². The van der Waals surface area contributed by atoms with Gasteiger partial charge in [-0.3, -0.25) is 9.59 Å². The third-order valence-electron chi connectivity index (χ3n) is 6.43. The number of pyridine rings is 1. The topological polar surface area (TPSA) is 107 Å². The molecule has 1 saturated carbocycles. The summed E-state index contributed by atoms with van der Waals surface area (Å²) < 4.78 is 38.8. The first kappa shape index (κ1) is 25.6. The van der Waals surface area contributed by atoms with E-state index in [4.69, 9.17) is 15.2 Å². The number of rotatable bonds is 7. The molecule has 0 spiro atoms. The van der Waals surface area contributed by atoms with Crippen LogP contribution < -0.4 is 20.5 Å². The summed E-state index contributed by atoms with van der Waals surface area (Å²) in [5.74, 6) is 1.74. The molecule has 2 heterocycles. The number of nitrogens with one attached hydrogen (secondary N) is 1. The van der Waals surface area contributed by atoms with Gasteiger partial charge in [0.1, 0.15) is 12.4 Å². The molecule has 192 valence electrons. The van der Waals surface area contributed by atoms with Crippen LogP contribution in [-0.4, -0.2) is 66.5 Å². The second-order valence-corrected chi connectivity index (χ2v) is 9.85. The molecule has 0 bridgehead atoms. The monoisotopic (exact) mass is 500 g/mol. The fourth-order valence-electron chi connectivity index (χ4n) is 4.33. The quantitative estimate of drug-likeness (QED) is 0.567. The van der Waals surface area contributed by atoms with Gasteiger partial charge in [0, 0.05) is 35.3 Å². The maximum Gasteiger partial charge on any atom is 0.326 e. The highest BCUT2D eigenvalue weighted by Gasteiger charge is 2.48. The Hall–Kier alpha value is -3.45. The Balaban J connectivity index is 1.69. The van der Waals surface area contributed by atoms with Gasteiger partial charge in [-0.15, -0.1) is 0 Å². The lowest BCUT2D eigenvalue weighted by Gasteiger charge is -2.36. The molecule has 1 saturated heterocycles. The van der Waals surface area contributed by atoms with Crippen LogP contribution in [0.25, 0.3) is 10.8 Å². The molecule has 2 fully saturated rings. The summed E-state index contributed by atoms with van der Waals surface area (Å²) in [6, 6.07) is 2.86. The van der Waals surface area contributed by atoms with Gasteiger partial charge in [-0.2, -0.15) is 8.78 Å². The Labute approximate surface area is 208 Å². The largest absolute Gasteiger partial charge is 0.490 e. The summed E-state index contributed by atoms with van der Waals surface area (Å²) in [7, 11) is 4.09. The zero-order chi connectivity index (χ0) is 26.2. The first-order chi connectivity index (χ1) is 16.9. The number of hydrogen-bond donors (Lipinski definition) is 2. The Morgan fingerprint density at radius 3 is 2.61 bits per heavy atom. The lowest BCUT2D eigenvalue weighted by atomic mass is 9.80. The Morgan fingerprint density at radius 1 is 1.31 bits per heavy atom. The third-order valence-corrected chi connectivity index (χ3v) is 6.43. The van der Waals surface area contributed by atoms with Crippen LogP contribution in [0.2, 0.25) is 0 Å². The first-order valence-electron chi connectivity index (χ1n) is 11.9. The van der Waals surface area contributed by atoms with E-state index in [1.165, 1.54) is 6.20 Å². The summed E-state index contributed by atoms with van der Waals surface area (Å²) in [5.41, 5.74) is 6.41. The minimum Gasteiger partial charge on any atom is -0.490 e. The summed E-state index contributed by atoms with van der Waals surface area (Å²) in [5, 5.41) is 3.32. The van der Waals surface area contributed by atoms with Crippen molar-refractivity contribution >= 4 is 22.6 Å². The highest BCUT2D eigenvalue weighted by atomic mass is 19.3. The van der Waals surface area contributed by atoms with Crippen molar-refractivity contribution in [3.8, 4) is 23.5 Å². The maximum absolute atomic E-state index is 13.6. The summed E-state index contributed by atoms with van der Waals surface area (Å²) in [6.07, 6.45) is 2.59. The maximum atomic E-state index is 13.6. The van der Waals surface area contributed by atoms with Crippen molar-refractivity contribution in [2.24, 2.45) is 11.7 Å². The molecule has 2 aliphatic rings. The number of primary amides is 1. The summed E-state index contributed by atoms with van der Waals surface area (Å²) >= 11 is 0. The molecule has 1 aliphatic carbocycles. The third kappa shape index (κ3) is 5.36. The van der Waals surface area contributed by atoms with Crippen LogP contribution in [0.3, 0.4) is 0 Å². The van der Waals surface area contributed by atoms with Gasteiger partial charge in [0.05, 0.1) is 23.3 Å². The number of benzene rings is 1. The van der Waals surface area contributed by atoms with E-state index in [-0.39, 0.29) is 35.8 Å². The van der Waals surface area contributed by atoms with Crippen LogP contribution in [-0.2, 0) is 4.79 Å². The van der Waals surface area contributed by atoms with Crippen molar-refractivity contribution in [3.05, 3.63) is 29.5 Å². The van der Waals surface area contributed by atoms with Crippen molar-refractivity contribution in [1.82, 2.24) is 15.2 Å². The standard InChI is InChI=1S/C26H30F2N4O4/c1-14(2)36-22-10-20-19(9-21(22)23(29)33)16(6-5-15-7-18(8-15)32(3)4)12-30-24(20)35-13-17-11-26(27,28)25(34)31-17/h9-10,12,14-15,17-18H,7-8,11,13H2,1-4H3,(H2,29,33)(H,31,34)/t15-,17-,18+/m0/s1. The molecule has 4 rings (SSSR count). The lowest BCUT2D eigenvalue weighted by molar-refractivity contribution is -0.139. The number of nitrogens with zero attached hydrogens (tertiary/aromatic N) is 2. The molecule has 8 nitrogen and oxygen atoms in total. The highest BCUT2D eigenvalue weighted by Crippen LogP contribution is 2.35. The molecule has 1 atom stereocenters. The van der Waals surface area contributed by atoms with Gasteiger partial charge in [-0.1, -0.05) is 11.8 Å². The van der Waals surface area contributed by atoms with E-state index in [1.807, 2.05) is 27.9 Å². The van der Waals surface area contributed by atoms with Gasteiger partial charge in [0.25, 0.3) is 11.8 Å². The molecule has 1 aromatic heterocycles. The number of carbonyl (C=O) groups is 2. The van der Waals surface area contributed by atoms with E-state index < -0.39 is 30.2 Å². The SMILES string of the molecule is CC(C)Oc1cc2c(OC[C@@H]3CC(F)(F)C(=O)N3)ncc(C#C[C@H]3C[C@@H](N(C)C)C3)c2cc1C(N)=O. The lowest BCUT2D eigenvalue weighted by Crippen LogP contribution is -2.39. The van der Waals surface area contributed by atoms with E-state index in [0.29, 0.717) is 22.4 Å². The number of ether oxygens (including phenoxy) is 2. The fourth-order valence-corrected chi connectivity index (χ4v) is 4.33. The number of amides is 2. The van der Waals surface area contributed by atoms with E-state index in [0.717, 1.165) is 12.8 Å². The van der Waals surface area contributed by atoms with E-state index in [1.54, 1.807) is 12.1 Å². The molecule has 2 aromatic rings. The molecular weight excluding hydrogens is 470 g/mol. The second-order valence-electron chi connectivity index (χ2n) is 9.85. The zero-order valence-electron chi connectivity index (χ0n) is 20.7. The van der Waals surface area contributed by atoms with E-state index in [9.17, 15) is 18.4 Å². The Kier molecular flexibility index (Phi) is 7.05. The zero-order valence-corrected chi connectivity index (χ0v) is 20.7. The fraction of sp³-hybridized carbons (Fsp3) is 0.500. The van der Waals surface area contributed by atoms with Crippen LogP contribution in [0.4, 0.5) is 8.78 Å². The number of alkyl halides is 2. The average Bonchev–Trinajstić information content (AvgIpc) is 3.01.